The molecule has 4 amide bonds. The van der Waals surface area contributed by atoms with Crippen LogP contribution in [0.2, 0.25) is 0 Å². The third-order valence-corrected chi connectivity index (χ3v) is 24.3. The van der Waals surface area contributed by atoms with Gasteiger partial charge >= 0.3 is 24.7 Å². The first-order valence-electron chi connectivity index (χ1n) is 41.0. The van der Waals surface area contributed by atoms with Gasteiger partial charge in [0.2, 0.25) is 0 Å². The maximum absolute atomic E-state index is 13.4. The van der Waals surface area contributed by atoms with Crippen molar-refractivity contribution in [2.45, 2.75) is 180 Å². The fourth-order valence-corrected chi connectivity index (χ4v) is 16.4. The van der Waals surface area contributed by atoms with Gasteiger partial charge in [-0.25, -0.2) is 38.0 Å². The van der Waals surface area contributed by atoms with E-state index in [-0.39, 0.29) is 124 Å². The Labute approximate surface area is 723 Å². The summed E-state index contributed by atoms with van der Waals surface area (Å²) in [5.74, 6) is -0.855. The first-order chi connectivity index (χ1) is 61.1. The van der Waals surface area contributed by atoms with E-state index in [1.165, 1.54) is 70.2 Å². The van der Waals surface area contributed by atoms with Gasteiger partial charge in [-0.2, -0.15) is 73.1 Å². The zero-order valence-electron chi connectivity index (χ0n) is 69.1. The molecule has 8 unspecified atom stereocenters. The van der Waals surface area contributed by atoms with E-state index in [1.807, 2.05) is 25.5 Å². The smallest absolute Gasteiger partial charge is 0.388 e. The molecule has 4 aliphatic heterocycles. The van der Waals surface area contributed by atoms with Crippen LogP contribution in [-0.4, -0.2) is 199 Å². The average molecular weight is 1810 g/mol. The Morgan fingerprint density at radius 3 is 1.05 bits per heavy atom. The second kappa shape index (κ2) is 34.3. The first kappa shape index (κ1) is 90.2. The zero-order chi connectivity index (χ0) is 91.8. The number of ether oxygens (including phenoxy) is 4. The minimum atomic E-state index is -4.55. The Kier molecular flexibility index (Phi) is 24.0. The molecule has 0 aromatic carbocycles. The van der Waals surface area contributed by atoms with Crippen molar-refractivity contribution in [2.75, 3.05) is 52.9 Å². The Morgan fingerprint density at radius 1 is 0.388 bits per heavy atom. The molecule has 7 fully saturated rings. The maximum Gasteiger partial charge on any atom is 0.417 e. The van der Waals surface area contributed by atoms with Gasteiger partial charge in [-0.15, -0.1) is 0 Å². The molecule has 44 heteroatoms. The fraction of sp³-hybridized carbons (Fsp3) is 0.435. The Bertz CT molecular complexity index is 6180. The molecule has 129 heavy (non-hydrogen) atoms. The Balaban J connectivity index is 0.000000126. The van der Waals surface area contributed by atoms with Crippen molar-refractivity contribution in [3.8, 4) is 0 Å². The number of hydrogen-bond donors (Lipinski definition) is 8. The topological polar surface area (TPSA) is 407 Å². The van der Waals surface area contributed by atoms with E-state index in [1.54, 1.807) is 42.4 Å². The highest BCUT2D eigenvalue weighted by molar-refractivity contribution is 6.03. The van der Waals surface area contributed by atoms with E-state index in [9.17, 15) is 92.3 Å². The van der Waals surface area contributed by atoms with E-state index in [0.717, 1.165) is 85.0 Å². The molecule has 8 atom stereocenters. The SMILES string of the molecule is CC1(O)COCCC1(NC(=O)c1cnn2cc(C3CC3)cnc12)c1ccc(C(F)(F)F)cn1.Cc1cnc2c(C(=O)NC3(c4ccc(C(F)(F)F)cn4)CCOCC3(C)O)cnn2c1.Cc1nn2cc(C3CC3)cnc2c1C(=O)NC1(c2ccc(C(F)(F)F)cn2)CCOCC1O.O=C(NC1(c2ccc(C(F)(F)F)cn2)CCOCC1O)c1cnn2cc(C3CC3)cnc12. The van der Waals surface area contributed by atoms with E-state index in [4.69, 9.17) is 18.9 Å². The molecule has 3 saturated carbocycles. The number of hydrogen-bond acceptors (Lipinski definition) is 24. The highest BCUT2D eigenvalue weighted by Crippen LogP contribution is 2.47. The monoisotopic (exact) mass is 1800 g/mol. The molecule has 12 aromatic rings. The number of halogens is 12. The highest BCUT2D eigenvalue weighted by Gasteiger charge is 2.56. The fourth-order valence-electron chi connectivity index (χ4n) is 16.4. The van der Waals surface area contributed by atoms with Crippen LogP contribution < -0.4 is 21.3 Å². The molecule has 16 heterocycles. The van der Waals surface area contributed by atoms with Gasteiger partial charge < -0.3 is 60.6 Å². The van der Waals surface area contributed by atoms with E-state index in [0.29, 0.717) is 70.8 Å². The van der Waals surface area contributed by atoms with Crippen LogP contribution in [0, 0.1) is 13.8 Å². The van der Waals surface area contributed by atoms with Gasteiger partial charge in [-0.3, -0.25) is 39.1 Å². The second-order valence-corrected chi connectivity index (χ2v) is 33.4. The van der Waals surface area contributed by atoms with Gasteiger partial charge in [0, 0.05) is 126 Å². The molecule has 0 radical (unpaired) electrons. The lowest BCUT2D eigenvalue weighted by molar-refractivity contribution is -0.141. The number of alkyl halides is 12. The van der Waals surface area contributed by atoms with Gasteiger partial charge in [0.1, 0.15) is 67.8 Å². The predicted molar refractivity (Wildman–Crippen MR) is 426 cm³/mol. The van der Waals surface area contributed by atoms with Gasteiger partial charge in [0.25, 0.3) is 23.6 Å². The first-order valence-corrected chi connectivity index (χ1v) is 41.0. The molecule has 7 aliphatic rings. The van der Waals surface area contributed by atoms with Crippen molar-refractivity contribution >= 4 is 46.2 Å². The van der Waals surface area contributed by atoms with Crippen molar-refractivity contribution in [2.24, 2.45) is 0 Å². The summed E-state index contributed by atoms with van der Waals surface area (Å²) in [7, 11) is 0. The van der Waals surface area contributed by atoms with E-state index >= 15 is 0 Å². The van der Waals surface area contributed by atoms with Crippen molar-refractivity contribution in [3.63, 3.8) is 0 Å². The summed E-state index contributed by atoms with van der Waals surface area (Å²) in [6.45, 7) is 6.70. The van der Waals surface area contributed by atoms with Crippen LogP contribution in [0.3, 0.4) is 0 Å². The molecule has 4 saturated heterocycles. The number of aromatic nitrogens is 16. The molecule has 8 N–H and O–H groups in total. The Hall–Kier alpha value is -12.2. The summed E-state index contributed by atoms with van der Waals surface area (Å²) in [6, 6.07) is 8.24. The quantitative estimate of drug-likeness (QED) is 0.0442. The van der Waals surface area contributed by atoms with Crippen LogP contribution >= 0.6 is 0 Å². The average Bonchev–Trinajstić information content (AvgIpc) is 1.54. The third kappa shape index (κ3) is 18.1. The molecule has 19 rings (SSSR count). The summed E-state index contributed by atoms with van der Waals surface area (Å²) in [5, 5.41) is 72.1. The number of fused-ring (bicyclic) bond motifs is 4. The van der Waals surface area contributed by atoms with Crippen LogP contribution in [0.15, 0.2) is 141 Å². The normalized spacial score (nSPS) is 24.4. The van der Waals surface area contributed by atoms with Crippen molar-refractivity contribution in [1.82, 2.24) is 99.6 Å². The van der Waals surface area contributed by atoms with E-state index < -0.39 is 116 Å². The predicted octanol–water partition coefficient (Wildman–Crippen LogP) is 10.2. The number of carbonyl (C=O) groups excluding carboxylic acids is 4. The number of aliphatic hydroxyl groups is 4. The maximum atomic E-state index is 13.4. The molecule has 0 bridgehead atoms. The molecule has 680 valence electrons. The number of rotatable bonds is 15. The number of carbonyl (C=O) groups is 4. The molecule has 0 spiro atoms. The van der Waals surface area contributed by atoms with Gasteiger partial charge in [0.15, 0.2) is 22.6 Å². The molecule has 3 aliphatic carbocycles. The second-order valence-electron chi connectivity index (χ2n) is 33.4. The molecule has 12 aromatic heterocycles. The molecular weight excluding hydrogens is 1720 g/mol. The number of nitrogens with zero attached hydrogens (tertiary/aromatic N) is 16. The lowest BCUT2D eigenvalue weighted by Gasteiger charge is -2.48. The Morgan fingerprint density at radius 2 is 0.713 bits per heavy atom. The third-order valence-electron chi connectivity index (χ3n) is 24.3. The number of pyridine rings is 4. The van der Waals surface area contributed by atoms with Crippen molar-refractivity contribution in [3.05, 3.63) is 237 Å². The summed E-state index contributed by atoms with van der Waals surface area (Å²) < 4.78 is 183. The number of aliphatic hydroxyl groups excluding tert-OH is 2. The highest BCUT2D eigenvalue weighted by atomic mass is 19.4. The summed E-state index contributed by atoms with van der Waals surface area (Å²) in [5.41, 5.74) is -5.68. The summed E-state index contributed by atoms with van der Waals surface area (Å²) in [6.07, 6.45) is 7.40. The summed E-state index contributed by atoms with van der Waals surface area (Å²) >= 11 is 0. The van der Waals surface area contributed by atoms with Gasteiger partial charge in [0.05, 0.1) is 95.7 Å². The number of amides is 4. The summed E-state index contributed by atoms with van der Waals surface area (Å²) in [4.78, 5) is 86.5. The largest absolute Gasteiger partial charge is 0.417 e. The lowest BCUT2D eigenvalue weighted by atomic mass is 9.74. The molecular formula is C85H84F12N20O12. The van der Waals surface area contributed by atoms with Gasteiger partial charge in [-0.05, 0) is 155 Å². The van der Waals surface area contributed by atoms with Crippen LogP contribution in [0.25, 0.3) is 22.6 Å². The number of aryl methyl sites for hydroxylation is 2. The van der Waals surface area contributed by atoms with Crippen LogP contribution in [0.5, 0.6) is 0 Å². The van der Waals surface area contributed by atoms with Crippen molar-refractivity contribution < 1.29 is 111 Å². The van der Waals surface area contributed by atoms with Crippen molar-refractivity contribution in [1.29, 1.82) is 0 Å². The molecule has 32 nitrogen and oxygen atoms in total. The van der Waals surface area contributed by atoms with Crippen LogP contribution in [-0.2, 0) is 65.8 Å². The van der Waals surface area contributed by atoms with Crippen LogP contribution in [0.1, 0.15) is 210 Å². The van der Waals surface area contributed by atoms with Crippen LogP contribution in [0.4, 0.5) is 52.7 Å². The minimum absolute atomic E-state index is 0.0965. The minimum Gasteiger partial charge on any atom is -0.388 e. The lowest BCUT2D eigenvalue weighted by Crippen LogP contribution is -2.65. The van der Waals surface area contributed by atoms with Gasteiger partial charge in [-0.1, -0.05) is 0 Å². The van der Waals surface area contributed by atoms with E-state index in [2.05, 4.69) is 81.5 Å². The number of nitrogens with one attached hydrogen (secondary N) is 4. The zero-order valence-corrected chi connectivity index (χ0v) is 69.1. The standard InChI is InChI=1S/2C22H22F3N5O3.C21H20F3N5O3.C20H20F3N5O3/c1-20(32)12-33-7-6-21(20,17-5-4-15(9-26-17)22(23,24)25)29-19(31)16-10-28-30-11-14(13-2-3-13)8-27-18(16)30;1-12-18(19-27-8-14(13-2-3-13)10-30(19)29-12)20(32)28-21(6-7-33-11-17(21)31)16-5-4-15(9-26-16)22(23,24)25;22-21(23,24)14-3-4-16(25-8-14)20(5-6-32-11-17(20)30)28-19(31)15-9-27-29-10-13(12-1-2-12)7-26-18(15)29;1-12-7-25-16-14(9-26-28(16)10-12)17(29)27-19(5-6-31-11-18(19,2)30)15-4-3-13(8-24-15)20(21,22)23/h4-5,8-11,13,32H,2-3,6-7,12H2,1H3,(H,29,31);4-5,8-10,13,17,31H,2-3,6-7,11H2,1H3,(H,28,32);3-4,7-10,12,17,30H,1-2,5-6,11H2,(H,28,31);3-4,7-10,30H,5-6,11H2,1-2H3,(H,27,29).